The zero-order chi connectivity index (χ0) is 33.4. The van der Waals surface area contributed by atoms with Gasteiger partial charge in [0.05, 0.1) is 11.6 Å². The largest absolute Gasteiger partial charge is 0.455 e. The minimum Gasteiger partial charge on any atom is -0.455 e. The number of carbonyl (C=O) groups excluding carboxylic acids is 2. The molecule has 0 N–H and O–H groups in total. The Morgan fingerprint density at radius 2 is 1.81 bits per heavy atom. The number of carbonyl (C=O) groups is 2. The number of benzene rings is 2. The van der Waals surface area contributed by atoms with Gasteiger partial charge in [0.25, 0.3) is 0 Å². The van der Waals surface area contributed by atoms with Gasteiger partial charge < -0.3 is 9.47 Å². The standard InChI is InChI=1S/C38H49N2O6P/c1-5-29-25-40-22-20-30(29)24-34(40)37(32-19-21-39-33-18-11-10-17-31(32)33)44-36(42)26-47(43,46-38(27(3)4)45-35(41)6-2)23-13-12-16-28-14-8-7-9-15-28/h5,7-11,14-15,17-19,21,27,29-30,34,37-38H,1,6,12-13,16,20,22-26H2,2-4H3/t29-,30-,34-,37-,38+,47?/m0/s1. The van der Waals surface area contributed by atoms with Gasteiger partial charge in [-0.15, -0.1) is 6.58 Å². The number of fused-ring (bicyclic) bond motifs is 4. The molecule has 3 saturated heterocycles. The molecule has 0 amide bonds. The highest BCUT2D eigenvalue weighted by atomic mass is 31.2. The predicted molar refractivity (Wildman–Crippen MR) is 185 cm³/mol. The molecule has 47 heavy (non-hydrogen) atoms. The average Bonchev–Trinajstić information content (AvgIpc) is 3.09. The molecule has 7 atom stereocenters. The molecule has 3 fully saturated rings. The van der Waals surface area contributed by atoms with Crippen LogP contribution in [0.15, 0.2) is 79.5 Å². The highest BCUT2D eigenvalue weighted by Crippen LogP contribution is 2.51. The molecule has 1 aromatic heterocycles. The zero-order valence-electron chi connectivity index (χ0n) is 28.0. The summed E-state index contributed by atoms with van der Waals surface area (Å²) in [6.07, 6.45) is 6.34. The number of piperidine rings is 3. The maximum absolute atomic E-state index is 14.6. The minimum atomic E-state index is -3.63. The number of nitrogens with zero attached hydrogens (tertiary/aromatic N) is 2. The summed E-state index contributed by atoms with van der Waals surface area (Å²) < 4.78 is 32.7. The number of aromatic nitrogens is 1. The van der Waals surface area contributed by atoms with Gasteiger partial charge in [-0.2, -0.15) is 0 Å². The zero-order valence-corrected chi connectivity index (χ0v) is 28.9. The van der Waals surface area contributed by atoms with Crippen molar-refractivity contribution in [2.45, 2.75) is 77.7 Å². The molecular formula is C38H49N2O6P. The van der Waals surface area contributed by atoms with Gasteiger partial charge in [-0.3, -0.25) is 28.6 Å². The summed E-state index contributed by atoms with van der Waals surface area (Å²) >= 11 is 0. The van der Waals surface area contributed by atoms with Crippen LogP contribution in [0.2, 0.25) is 0 Å². The normalized spacial score (nSPS) is 23.1. The lowest BCUT2D eigenvalue weighted by Crippen LogP contribution is -2.55. The van der Waals surface area contributed by atoms with Crippen molar-refractivity contribution in [2.75, 3.05) is 25.4 Å². The first-order valence-corrected chi connectivity index (χ1v) is 19.1. The second kappa shape index (κ2) is 16.2. The van der Waals surface area contributed by atoms with Gasteiger partial charge in [-0.1, -0.05) is 75.4 Å². The summed E-state index contributed by atoms with van der Waals surface area (Å²) in [7, 11) is -3.63. The summed E-state index contributed by atoms with van der Waals surface area (Å²) in [5, 5.41) is 0.933. The van der Waals surface area contributed by atoms with Gasteiger partial charge in [0, 0.05) is 42.2 Å². The number of aryl methyl sites for hydroxylation is 1. The highest BCUT2D eigenvalue weighted by molar-refractivity contribution is 7.59. The van der Waals surface area contributed by atoms with Crippen LogP contribution in [0.5, 0.6) is 0 Å². The van der Waals surface area contributed by atoms with E-state index in [4.69, 9.17) is 14.0 Å². The van der Waals surface area contributed by atoms with E-state index in [1.54, 1.807) is 13.1 Å². The van der Waals surface area contributed by atoms with E-state index in [9.17, 15) is 14.2 Å². The maximum Gasteiger partial charge on any atom is 0.316 e. The Kier molecular flexibility index (Phi) is 12.1. The van der Waals surface area contributed by atoms with E-state index in [1.165, 1.54) is 5.56 Å². The fourth-order valence-corrected chi connectivity index (χ4v) is 9.14. The van der Waals surface area contributed by atoms with Gasteiger partial charge >= 0.3 is 11.9 Å². The second-order valence-electron chi connectivity index (χ2n) is 13.3. The van der Waals surface area contributed by atoms with E-state index in [1.807, 2.05) is 62.4 Å². The van der Waals surface area contributed by atoms with Crippen molar-refractivity contribution in [3.05, 3.63) is 90.6 Å². The first kappa shape index (κ1) is 35.0. The molecule has 4 heterocycles. The first-order chi connectivity index (χ1) is 22.7. The lowest BCUT2D eigenvalue weighted by molar-refractivity contribution is -0.169. The highest BCUT2D eigenvalue weighted by Gasteiger charge is 2.45. The van der Waals surface area contributed by atoms with E-state index < -0.39 is 37.9 Å². The van der Waals surface area contributed by atoms with Crippen LogP contribution in [0.25, 0.3) is 10.9 Å². The van der Waals surface area contributed by atoms with Gasteiger partial charge in [-0.25, -0.2) is 0 Å². The molecule has 3 aliphatic rings. The number of pyridine rings is 1. The molecule has 0 saturated carbocycles. The minimum absolute atomic E-state index is 0.0280. The number of esters is 2. The number of hydrogen-bond donors (Lipinski definition) is 0. The summed E-state index contributed by atoms with van der Waals surface area (Å²) in [6, 6.07) is 19.9. The van der Waals surface area contributed by atoms with Crippen LogP contribution in [0.4, 0.5) is 0 Å². The summed E-state index contributed by atoms with van der Waals surface area (Å²) in [6.45, 7) is 11.3. The topological polar surface area (TPSA) is 95.0 Å². The Hall–Kier alpha value is -3.32. The van der Waals surface area contributed by atoms with Crippen LogP contribution in [-0.2, 0) is 34.6 Å². The molecule has 8 nitrogen and oxygen atoms in total. The van der Waals surface area contributed by atoms with Crippen molar-refractivity contribution < 1.29 is 28.2 Å². The van der Waals surface area contributed by atoms with E-state index in [-0.39, 0.29) is 24.5 Å². The van der Waals surface area contributed by atoms with E-state index in [0.29, 0.717) is 18.3 Å². The Morgan fingerprint density at radius 1 is 1.04 bits per heavy atom. The number of rotatable bonds is 16. The van der Waals surface area contributed by atoms with Crippen LogP contribution in [0, 0.1) is 17.8 Å². The smallest absolute Gasteiger partial charge is 0.316 e. The van der Waals surface area contributed by atoms with Gasteiger partial charge in [-0.05, 0) is 68.2 Å². The molecule has 2 unspecified atom stereocenters. The fraction of sp³-hybridized carbons (Fsp3) is 0.500. The molecule has 0 spiro atoms. The Labute approximate surface area is 279 Å². The number of ether oxygens (including phenoxy) is 2. The molecule has 0 radical (unpaired) electrons. The summed E-state index contributed by atoms with van der Waals surface area (Å²) in [5.41, 5.74) is 2.92. The van der Waals surface area contributed by atoms with Crippen molar-refractivity contribution in [1.29, 1.82) is 0 Å². The lowest BCUT2D eigenvalue weighted by Gasteiger charge is -2.51. The maximum atomic E-state index is 14.6. The number of unbranched alkanes of at least 4 members (excludes halogenated alkanes) is 1. The van der Waals surface area contributed by atoms with Crippen LogP contribution in [0.3, 0.4) is 0 Å². The third-order valence-electron chi connectivity index (χ3n) is 9.55. The SMILES string of the molecule is C=C[C@H]1CN2CC[C@H]1C[C@H]2[C@@H](OC(=O)CP(=O)(CCCCc1ccccc1)O[C@@H](OC(=O)CC)C(C)C)c1ccnc2ccccc12. The molecule has 252 valence electrons. The molecule has 2 aromatic carbocycles. The second-order valence-corrected chi connectivity index (χ2v) is 15.9. The van der Waals surface area contributed by atoms with Crippen molar-refractivity contribution >= 4 is 30.2 Å². The van der Waals surface area contributed by atoms with Crippen molar-refractivity contribution in [3.63, 3.8) is 0 Å². The van der Waals surface area contributed by atoms with Gasteiger partial charge in [0.15, 0.2) is 0 Å². The van der Waals surface area contributed by atoms with Crippen molar-refractivity contribution in [3.8, 4) is 0 Å². The molecular weight excluding hydrogens is 611 g/mol. The molecule has 3 aromatic rings. The Balaban J connectivity index is 1.39. The molecule has 0 aliphatic carbocycles. The Bertz CT molecular complexity index is 1560. The molecule has 9 heteroatoms. The molecule has 2 bridgehead atoms. The summed E-state index contributed by atoms with van der Waals surface area (Å²) in [5.74, 6) is -0.386. The monoisotopic (exact) mass is 660 g/mol. The third kappa shape index (κ3) is 8.98. The van der Waals surface area contributed by atoms with Crippen LogP contribution in [-0.4, -0.2) is 59.6 Å². The molecule has 6 rings (SSSR count). The molecule has 3 aliphatic heterocycles. The predicted octanol–water partition coefficient (Wildman–Crippen LogP) is 7.97. The number of para-hydroxylation sites is 1. The fourth-order valence-electron chi connectivity index (χ4n) is 6.96. The van der Waals surface area contributed by atoms with Crippen LogP contribution in [0.1, 0.15) is 70.1 Å². The first-order valence-electron chi connectivity index (χ1n) is 17.1. The van der Waals surface area contributed by atoms with Gasteiger partial charge in [0.1, 0.15) is 12.3 Å². The van der Waals surface area contributed by atoms with Crippen molar-refractivity contribution in [1.82, 2.24) is 9.88 Å². The number of hydrogen-bond acceptors (Lipinski definition) is 8. The Morgan fingerprint density at radius 3 is 2.51 bits per heavy atom. The van der Waals surface area contributed by atoms with E-state index >= 15 is 0 Å². The van der Waals surface area contributed by atoms with E-state index in [2.05, 4.69) is 34.7 Å². The van der Waals surface area contributed by atoms with Crippen LogP contribution >= 0.6 is 7.37 Å². The third-order valence-corrected chi connectivity index (χ3v) is 11.9. The van der Waals surface area contributed by atoms with Crippen molar-refractivity contribution in [2.24, 2.45) is 17.8 Å². The van der Waals surface area contributed by atoms with E-state index in [0.717, 1.165) is 55.2 Å². The summed E-state index contributed by atoms with van der Waals surface area (Å²) in [4.78, 5) is 33.2. The van der Waals surface area contributed by atoms with Gasteiger partial charge in [0.2, 0.25) is 13.7 Å². The van der Waals surface area contributed by atoms with Crippen LogP contribution < -0.4 is 0 Å². The lowest BCUT2D eigenvalue weighted by atomic mass is 9.73. The average molecular weight is 661 g/mol. The quantitative estimate of drug-likeness (QED) is 0.0502.